The Morgan fingerprint density at radius 1 is 0.434 bits per heavy atom. The van der Waals surface area contributed by atoms with E-state index in [9.17, 15) is 85.9 Å². The van der Waals surface area contributed by atoms with Crippen molar-refractivity contribution in [1.29, 1.82) is 0 Å². The van der Waals surface area contributed by atoms with E-state index in [2.05, 4.69) is 0 Å². The highest BCUT2D eigenvalue weighted by molar-refractivity contribution is 5.90. The van der Waals surface area contributed by atoms with Crippen molar-refractivity contribution in [3.63, 3.8) is 0 Å². The van der Waals surface area contributed by atoms with E-state index < -0.39 is 204 Å². The molecule has 3 fully saturated rings. The van der Waals surface area contributed by atoms with Crippen LogP contribution in [0.2, 0.25) is 0 Å². The Morgan fingerprint density at radius 3 is 1.08 bits per heavy atom. The first-order valence-electron chi connectivity index (χ1n) is 24.6. The third-order valence-corrected chi connectivity index (χ3v) is 15.5. The van der Waals surface area contributed by atoms with Gasteiger partial charge in [-0.1, -0.05) is 18.2 Å². The van der Waals surface area contributed by atoms with Gasteiger partial charge in [0.15, 0.2) is 18.9 Å². The molecule has 6 heterocycles. The molecule has 24 unspecified atom stereocenters. The van der Waals surface area contributed by atoms with Crippen LogP contribution in [0.4, 0.5) is 0 Å². The number of carboxylic acids is 1. The summed E-state index contributed by atoms with van der Waals surface area (Å²) in [6.07, 6.45) is -20.7. The van der Waals surface area contributed by atoms with Crippen molar-refractivity contribution in [2.24, 2.45) is 35.5 Å². The van der Waals surface area contributed by atoms with Crippen molar-refractivity contribution in [3.8, 4) is 0 Å². The molecule has 0 aromatic carbocycles. The number of aliphatic carboxylic acids is 1. The molecule has 76 heavy (non-hydrogen) atoms. The van der Waals surface area contributed by atoms with Gasteiger partial charge in [0.1, 0.15) is 86.5 Å². The summed E-state index contributed by atoms with van der Waals surface area (Å²) in [6, 6.07) is 0. The molecule has 0 spiro atoms. The van der Waals surface area contributed by atoms with Crippen molar-refractivity contribution >= 4 is 17.9 Å². The van der Waals surface area contributed by atoms with E-state index in [1.807, 2.05) is 0 Å². The van der Waals surface area contributed by atoms with Gasteiger partial charge in [0, 0.05) is 17.8 Å². The second kappa shape index (κ2) is 23.4. The summed E-state index contributed by atoms with van der Waals surface area (Å²) < 4.78 is 63.6. The summed E-state index contributed by atoms with van der Waals surface area (Å²) in [4.78, 5) is 40.5. The lowest BCUT2D eigenvalue weighted by molar-refractivity contribution is -0.339. The number of carbonyl (C=O) groups is 3. The van der Waals surface area contributed by atoms with Gasteiger partial charge in [-0.25, -0.2) is 14.4 Å². The largest absolute Gasteiger partial charge is 0.478 e. The highest BCUT2D eigenvalue weighted by Crippen LogP contribution is 2.48. The number of ether oxygens (including phenoxy) is 11. The van der Waals surface area contributed by atoms with Gasteiger partial charge in [-0.05, 0) is 36.0 Å². The molecule has 28 heteroatoms. The second-order valence-corrected chi connectivity index (χ2v) is 19.8. The molecular formula is C48H62O28. The lowest BCUT2D eigenvalue weighted by atomic mass is 9.83. The molecule has 0 aromatic rings. The molecule has 28 nitrogen and oxygen atoms in total. The highest BCUT2D eigenvalue weighted by atomic mass is 16.8. The van der Waals surface area contributed by atoms with Crippen LogP contribution in [0.5, 0.6) is 0 Å². The fourth-order valence-corrected chi connectivity index (χ4v) is 11.3. The van der Waals surface area contributed by atoms with E-state index in [1.165, 1.54) is 0 Å². The van der Waals surface area contributed by atoms with E-state index in [0.717, 1.165) is 18.8 Å². The number of aliphatic hydroxyl groups excluding tert-OH is 13. The lowest BCUT2D eigenvalue weighted by Crippen LogP contribution is -2.60. The molecule has 9 aliphatic rings. The zero-order valence-electron chi connectivity index (χ0n) is 40.2. The SMILES string of the molecule is O=C(O)C1=COC(OC2OC(CO)C(O)C(O)C2O)C2C(COC(=O)C3=COC(OC4OC(CO)C(O)C(O)C4O)C4C(COC(=O)C5=COC(OC6OC(CO)C(O)C(O)C6O)C6C(CO)=CCC56)=CCC34)=CCC12. The predicted molar refractivity (Wildman–Crippen MR) is 239 cm³/mol. The second-order valence-electron chi connectivity index (χ2n) is 19.8. The van der Waals surface area contributed by atoms with E-state index >= 15 is 0 Å². The number of esters is 2. The molecule has 6 aliphatic heterocycles. The van der Waals surface area contributed by atoms with Gasteiger partial charge in [-0.2, -0.15) is 0 Å². The Labute approximate surface area is 431 Å². The third kappa shape index (κ3) is 10.6. The minimum Gasteiger partial charge on any atom is -0.478 e. The Kier molecular flexibility index (Phi) is 17.3. The number of allylic oxidation sites excluding steroid dienone is 3. The molecule has 3 aliphatic carbocycles. The predicted octanol–water partition coefficient (Wildman–Crippen LogP) is -5.99. The smallest absolute Gasteiger partial charge is 0.337 e. The van der Waals surface area contributed by atoms with Gasteiger partial charge in [0.25, 0.3) is 0 Å². The number of carbonyl (C=O) groups excluding carboxylic acids is 2. The summed E-state index contributed by atoms with van der Waals surface area (Å²) in [5.41, 5.74) is 0.851. The van der Waals surface area contributed by atoms with Crippen LogP contribution >= 0.6 is 0 Å². The Balaban J connectivity index is 0.904. The molecule has 24 atom stereocenters. The molecule has 0 saturated carbocycles. The van der Waals surface area contributed by atoms with Crippen LogP contribution in [0.3, 0.4) is 0 Å². The van der Waals surface area contributed by atoms with Crippen LogP contribution in [0.1, 0.15) is 19.3 Å². The summed E-state index contributed by atoms with van der Waals surface area (Å²) in [5, 5.41) is 144. The van der Waals surface area contributed by atoms with Crippen LogP contribution in [-0.4, -0.2) is 240 Å². The van der Waals surface area contributed by atoms with E-state index in [-0.39, 0.29) is 36.0 Å². The molecule has 422 valence electrons. The Morgan fingerprint density at radius 2 is 0.750 bits per heavy atom. The summed E-state index contributed by atoms with van der Waals surface area (Å²) >= 11 is 0. The number of aliphatic hydroxyl groups is 13. The van der Waals surface area contributed by atoms with E-state index in [0.29, 0.717) is 16.7 Å². The fraction of sp³-hybridized carbons (Fsp3) is 0.688. The molecular weight excluding hydrogens is 1020 g/mol. The average Bonchev–Trinajstić information content (AvgIpc) is 4.18. The van der Waals surface area contributed by atoms with E-state index in [4.69, 9.17) is 52.1 Å². The molecule has 0 aromatic heterocycles. The zero-order valence-corrected chi connectivity index (χ0v) is 40.2. The maximum absolute atomic E-state index is 14.2. The van der Waals surface area contributed by atoms with Crippen LogP contribution < -0.4 is 0 Å². The quantitative estimate of drug-likeness (QED) is 0.0476. The lowest BCUT2D eigenvalue weighted by Gasteiger charge is -2.43. The molecule has 9 rings (SSSR count). The maximum Gasteiger partial charge on any atom is 0.337 e. The number of hydrogen-bond acceptors (Lipinski definition) is 27. The summed E-state index contributed by atoms with van der Waals surface area (Å²) in [6.45, 7) is -3.68. The normalized spacial score (nSPS) is 43.7. The van der Waals surface area contributed by atoms with Crippen LogP contribution in [-0.2, 0) is 66.5 Å². The van der Waals surface area contributed by atoms with Crippen molar-refractivity contribution < 1.29 is 138 Å². The van der Waals surface area contributed by atoms with Crippen molar-refractivity contribution in [2.45, 2.75) is 130 Å². The highest BCUT2D eigenvalue weighted by Gasteiger charge is 2.54. The van der Waals surface area contributed by atoms with Gasteiger partial charge in [0.2, 0.25) is 18.9 Å². The third-order valence-electron chi connectivity index (χ3n) is 15.5. The fourth-order valence-electron chi connectivity index (χ4n) is 11.3. The molecule has 0 amide bonds. The summed E-state index contributed by atoms with van der Waals surface area (Å²) in [7, 11) is 0. The maximum atomic E-state index is 14.2. The first-order chi connectivity index (χ1) is 36.4. The molecule has 0 bridgehead atoms. The Hall–Kier alpha value is -4.51. The van der Waals surface area contributed by atoms with Crippen LogP contribution in [0, 0.1) is 35.5 Å². The van der Waals surface area contributed by atoms with E-state index in [1.54, 1.807) is 18.2 Å². The van der Waals surface area contributed by atoms with Gasteiger partial charge >= 0.3 is 17.9 Å². The first-order valence-corrected chi connectivity index (χ1v) is 24.6. The van der Waals surface area contributed by atoms with Crippen molar-refractivity contribution in [1.82, 2.24) is 0 Å². The molecule has 3 saturated heterocycles. The zero-order chi connectivity index (χ0) is 54.4. The van der Waals surface area contributed by atoms with Gasteiger partial charge < -0.3 is 124 Å². The van der Waals surface area contributed by atoms with Crippen LogP contribution in [0.15, 0.2) is 70.5 Å². The number of fused-ring (bicyclic) bond motifs is 3. The van der Waals surface area contributed by atoms with Gasteiger partial charge in [-0.15, -0.1) is 0 Å². The topological polar surface area (TPSA) is 436 Å². The van der Waals surface area contributed by atoms with Crippen molar-refractivity contribution in [2.75, 3.05) is 39.6 Å². The minimum atomic E-state index is -1.87. The number of hydrogen-bond donors (Lipinski definition) is 14. The van der Waals surface area contributed by atoms with Crippen LogP contribution in [0.25, 0.3) is 0 Å². The molecule has 14 N–H and O–H groups in total. The monoisotopic (exact) mass is 1090 g/mol. The Bertz CT molecular complexity index is 2330. The molecule has 0 radical (unpaired) electrons. The number of carboxylic acid groups (broad SMARTS) is 1. The average molecular weight is 1090 g/mol. The van der Waals surface area contributed by atoms with Crippen molar-refractivity contribution in [3.05, 3.63) is 70.5 Å². The van der Waals surface area contributed by atoms with Gasteiger partial charge in [-0.3, -0.25) is 0 Å². The first kappa shape index (κ1) is 56.2. The standard InChI is InChI=1S/C48H62O28/c49-7-16-1-4-20-23(14-69-43(28(16)20)74-46-37(59)34(56)31(53)25(8-50)71-46)41(64)67-12-18-3-6-21-24(15-70-45(30(18)21)76-48-39(61)36(58)33(55)27(10-52)73-48)42(65)66-11-17-2-5-19-22(40(62)63)13-68-44(29(17)19)75-47-38(60)35(57)32(54)26(9-51)72-47/h1-3,13-15,19-21,25-39,43-61H,4-12H2,(H,62,63). The number of rotatable bonds is 17. The minimum absolute atomic E-state index is 0.00490. The summed E-state index contributed by atoms with van der Waals surface area (Å²) in [5.74, 6) is -8.35. The van der Waals surface area contributed by atoms with Gasteiger partial charge in [0.05, 0.1) is 79.7 Å².